The number of halogens is 3. The molecule has 7 heteroatoms. The van der Waals surface area contributed by atoms with Gasteiger partial charge in [-0.25, -0.2) is 0 Å². The summed E-state index contributed by atoms with van der Waals surface area (Å²) in [5.41, 5.74) is 2.50. The van der Waals surface area contributed by atoms with Crippen LogP contribution in [0.1, 0.15) is 29.7 Å². The lowest BCUT2D eigenvalue weighted by Crippen LogP contribution is -2.24. The van der Waals surface area contributed by atoms with E-state index in [0.29, 0.717) is 12.2 Å². The number of hydrogen-bond acceptors (Lipinski definition) is 3. The van der Waals surface area contributed by atoms with Crippen LogP contribution in [0.15, 0.2) is 48.5 Å². The van der Waals surface area contributed by atoms with E-state index in [0.717, 1.165) is 23.3 Å². The molecular formula is C20H18F3NO3. The molecule has 1 aliphatic rings. The Morgan fingerprint density at radius 2 is 2.07 bits per heavy atom. The lowest BCUT2D eigenvalue weighted by atomic mass is 10.0. The first-order chi connectivity index (χ1) is 12.8. The fourth-order valence-electron chi connectivity index (χ4n) is 2.81. The third kappa shape index (κ3) is 5.26. The molecule has 3 rings (SSSR count). The molecule has 0 saturated heterocycles. The van der Waals surface area contributed by atoms with Gasteiger partial charge in [0.2, 0.25) is 5.91 Å². The largest absolute Gasteiger partial charge is 0.573 e. The van der Waals surface area contributed by atoms with Crippen molar-refractivity contribution in [3.63, 3.8) is 0 Å². The van der Waals surface area contributed by atoms with Crippen molar-refractivity contribution >= 4 is 12.0 Å². The van der Waals surface area contributed by atoms with Gasteiger partial charge in [-0.05, 0) is 54.0 Å². The van der Waals surface area contributed by atoms with Crippen LogP contribution in [0.5, 0.6) is 11.5 Å². The summed E-state index contributed by atoms with van der Waals surface area (Å²) >= 11 is 0. The predicted octanol–water partition coefficient (Wildman–Crippen LogP) is 4.41. The van der Waals surface area contributed by atoms with Crippen LogP contribution in [0.2, 0.25) is 0 Å². The Balaban J connectivity index is 1.61. The van der Waals surface area contributed by atoms with E-state index in [4.69, 9.17) is 4.74 Å². The van der Waals surface area contributed by atoms with Crippen LogP contribution in [-0.2, 0) is 11.2 Å². The van der Waals surface area contributed by atoms with Crippen molar-refractivity contribution in [3.05, 3.63) is 65.2 Å². The van der Waals surface area contributed by atoms with Gasteiger partial charge in [0.15, 0.2) is 0 Å². The van der Waals surface area contributed by atoms with E-state index in [1.807, 2.05) is 25.1 Å². The van der Waals surface area contributed by atoms with E-state index in [1.54, 1.807) is 6.07 Å². The van der Waals surface area contributed by atoms with Crippen molar-refractivity contribution in [2.75, 3.05) is 6.61 Å². The number of ether oxygens (including phenoxy) is 2. The average Bonchev–Trinajstić information content (AvgIpc) is 3.06. The van der Waals surface area contributed by atoms with Crippen LogP contribution in [0, 0.1) is 0 Å². The summed E-state index contributed by atoms with van der Waals surface area (Å²) in [6.07, 6.45) is -1.20. The fourth-order valence-corrected chi connectivity index (χ4v) is 2.81. The van der Waals surface area contributed by atoms with Crippen LogP contribution < -0.4 is 14.8 Å². The molecule has 0 aromatic heterocycles. The second-order valence-electron chi connectivity index (χ2n) is 6.15. The maximum atomic E-state index is 12.3. The van der Waals surface area contributed by atoms with Gasteiger partial charge in [-0.1, -0.05) is 18.2 Å². The second-order valence-corrected chi connectivity index (χ2v) is 6.15. The number of carbonyl (C=O) groups excluding carboxylic acids is 1. The smallest absolute Gasteiger partial charge is 0.493 e. The zero-order valence-electron chi connectivity index (χ0n) is 14.5. The molecule has 0 bridgehead atoms. The standard InChI is InChI=1S/C20H18F3NO3/c1-13(15-6-7-18-16(12-15)9-10-26-18)24-19(25)8-5-14-3-2-4-17(11-14)27-20(21,22)23/h2-8,11-13H,9-10H2,1H3,(H,24,25). The molecule has 1 amide bonds. The summed E-state index contributed by atoms with van der Waals surface area (Å²) in [5, 5.41) is 2.83. The maximum absolute atomic E-state index is 12.3. The van der Waals surface area contributed by atoms with Crippen molar-refractivity contribution in [2.45, 2.75) is 25.7 Å². The molecule has 4 nitrogen and oxygen atoms in total. The van der Waals surface area contributed by atoms with Crippen molar-refractivity contribution in [1.82, 2.24) is 5.32 Å². The van der Waals surface area contributed by atoms with Gasteiger partial charge in [0.1, 0.15) is 11.5 Å². The predicted molar refractivity (Wildman–Crippen MR) is 94.4 cm³/mol. The molecule has 142 valence electrons. The first-order valence-corrected chi connectivity index (χ1v) is 8.40. The Labute approximate surface area is 154 Å². The van der Waals surface area contributed by atoms with Gasteiger partial charge in [0.25, 0.3) is 0 Å². The molecule has 0 spiro atoms. The van der Waals surface area contributed by atoms with E-state index in [1.165, 1.54) is 30.4 Å². The van der Waals surface area contributed by atoms with Crippen molar-refractivity contribution in [1.29, 1.82) is 0 Å². The van der Waals surface area contributed by atoms with Gasteiger partial charge in [-0.3, -0.25) is 4.79 Å². The molecule has 0 saturated carbocycles. The highest BCUT2D eigenvalue weighted by atomic mass is 19.4. The number of carbonyl (C=O) groups is 1. The summed E-state index contributed by atoms with van der Waals surface area (Å²) in [7, 11) is 0. The zero-order chi connectivity index (χ0) is 19.4. The van der Waals surface area contributed by atoms with Gasteiger partial charge >= 0.3 is 6.36 Å². The summed E-state index contributed by atoms with van der Waals surface area (Å²) in [6.45, 7) is 2.53. The molecule has 0 fully saturated rings. The third-order valence-corrected chi connectivity index (χ3v) is 4.09. The first kappa shape index (κ1) is 18.8. The number of benzene rings is 2. The van der Waals surface area contributed by atoms with Gasteiger partial charge in [-0.2, -0.15) is 0 Å². The maximum Gasteiger partial charge on any atom is 0.573 e. The van der Waals surface area contributed by atoms with Crippen LogP contribution in [0.3, 0.4) is 0 Å². The van der Waals surface area contributed by atoms with E-state index in [2.05, 4.69) is 10.1 Å². The lowest BCUT2D eigenvalue weighted by Gasteiger charge is -2.14. The first-order valence-electron chi connectivity index (χ1n) is 8.40. The van der Waals surface area contributed by atoms with E-state index >= 15 is 0 Å². The summed E-state index contributed by atoms with van der Waals surface area (Å²) in [5.74, 6) is 0.193. The normalized spacial score (nSPS) is 14.5. The Morgan fingerprint density at radius 1 is 1.26 bits per heavy atom. The highest BCUT2D eigenvalue weighted by Gasteiger charge is 2.31. The molecule has 1 N–H and O–H groups in total. The quantitative estimate of drug-likeness (QED) is 0.785. The highest BCUT2D eigenvalue weighted by molar-refractivity contribution is 5.92. The number of rotatable bonds is 5. The van der Waals surface area contributed by atoms with Gasteiger partial charge in [0.05, 0.1) is 12.6 Å². The van der Waals surface area contributed by atoms with Crippen LogP contribution in [0.4, 0.5) is 13.2 Å². The fraction of sp³-hybridized carbons (Fsp3) is 0.250. The Morgan fingerprint density at radius 3 is 2.85 bits per heavy atom. The Kier molecular flexibility index (Phi) is 5.39. The van der Waals surface area contributed by atoms with Crippen LogP contribution in [0.25, 0.3) is 6.08 Å². The molecular weight excluding hydrogens is 359 g/mol. The Hall–Kier alpha value is -2.96. The SMILES string of the molecule is CC(NC(=O)C=Cc1cccc(OC(F)(F)F)c1)c1ccc2c(c1)CCO2. The van der Waals surface area contributed by atoms with Gasteiger partial charge in [0, 0.05) is 12.5 Å². The third-order valence-electron chi connectivity index (χ3n) is 4.09. The minimum atomic E-state index is -4.75. The van der Waals surface area contributed by atoms with Gasteiger partial charge < -0.3 is 14.8 Å². The summed E-state index contributed by atoms with van der Waals surface area (Å²) < 4.78 is 46.1. The number of fused-ring (bicyclic) bond motifs is 1. The number of nitrogens with one attached hydrogen (secondary N) is 1. The second kappa shape index (κ2) is 7.73. The van der Waals surface area contributed by atoms with Crippen LogP contribution >= 0.6 is 0 Å². The van der Waals surface area contributed by atoms with E-state index in [9.17, 15) is 18.0 Å². The topological polar surface area (TPSA) is 47.6 Å². The molecule has 0 radical (unpaired) electrons. The molecule has 1 unspecified atom stereocenters. The number of amides is 1. The monoisotopic (exact) mass is 377 g/mol. The van der Waals surface area contributed by atoms with Crippen molar-refractivity contribution in [2.24, 2.45) is 0 Å². The van der Waals surface area contributed by atoms with E-state index in [-0.39, 0.29) is 17.7 Å². The van der Waals surface area contributed by atoms with Crippen molar-refractivity contribution in [3.8, 4) is 11.5 Å². The van der Waals surface area contributed by atoms with Crippen molar-refractivity contribution < 1.29 is 27.4 Å². The Bertz CT molecular complexity index is 862. The van der Waals surface area contributed by atoms with Crippen LogP contribution in [-0.4, -0.2) is 18.9 Å². The lowest BCUT2D eigenvalue weighted by molar-refractivity contribution is -0.274. The van der Waals surface area contributed by atoms with E-state index < -0.39 is 6.36 Å². The molecule has 2 aromatic rings. The number of alkyl halides is 3. The molecule has 27 heavy (non-hydrogen) atoms. The summed E-state index contributed by atoms with van der Waals surface area (Å²) in [6, 6.07) is 11.0. The zero-order valence-corrected chi connectivity index (χ0v) is 14.5. The highest BCUT2D eigenvalue weighted by Crippen LogP contribution is 2.28. The molecule has 2 aromatic carbocycles. The van der Waals surface area contributed by atoms with Gasteiger partial charge in [-0.15, -0.1) is 13.2 Å². The molecule has 1 heterocycles. The average molecular weight is 377 g/mol. The molecule has 1 aliphatic heterocycles. The molecule has 1 atom stereocenters. The summed E-state index contributed by atoms with van der Waals surface area (Å²) in [4.78, 5) is 12.1. The molecule has 0 aliphatic carbocycles. The number of hydrogen-bond donors (Lipinski definition) is 1. The minimum absolute atomic E-state index is 0.215. The minimum Gasteiger partial charge on any atom is -0.493 e.